The van der Waals surface area contributed by atoms with Gasteiger partial charge in [0.2, 0.25) is 0 Å². The van der Waals surface area contributed by atoms with Crippen molar-refractivity contribution in [3.8, 4) is 17.6 Å². The predicted molar refractivity (Wildman–Crippen MR) is 114 cm³/mol. The SMILES string of the molecule is COc1ccc([C@@H](OC(=O)Nc2ccc(C#N)cc2)[C@@H](C)CC/C=C/C(=O)O)cc1O. The van der Waals surface area contributed by atoms with Gasteiger partial charge in [0.1, 0.15) is 6.10 Å². The van der Waals surface area contributed by atoms with Gasteiger partial charge in [-0.1, -0.05) is 19.1 Å². The van der Waals surface area contributed by atoms with Crippen LogP contribution < -0.4 is 10.1 Å². The number of phenolic OH excluding ortho intramolecular Hbond substituents is 1. The molecule has 1 amide bonds. The van der Waals surface area contributed by atoms with Gasteiger partial charge in [0.25, 0.3) is 0 Å². The highest BCUT2D eigenvalue weighted by Gasteiger charge is 2.24. The number of allylic oxidation sites excluding steroid dienone is 1. The number of carboxylic acids is 1. The first-order valence-corrected chi connectivity index (χ1v) is 9.58. The molecule has 0 saturated carbocycles. The monoisotopic (exact) mass is 424 g/mol. The molecule has 2 aromatic rings. The summed E-state index contributed by atoms with van der Waals surface area (Å²) in [6, 6.07) is 13.1. The Hall–Kier alpha value is -3.99. The van der Waals surface area contributed by atoms with Crippen molar-refractivity contribution in [3.05, 3.63) is 65.7 Å². The van der Waals surface area contributed by atoms with E-state index in [-0.39, 0.29) is 11.7 Å². The fourth-order valence-corrected chi connectivity index (χ4v) is 2.98. The summed E-state index contributed by atoms with van der Waals surface area (Å²) in [5.74, 6) is -0.999. The van der Waals surface area contributed by atoms with E-state index in [1.807, 2.05) is 13.0 Å². The number of carbonyl (C=O) groups excluding carboxylic acids is 1. The third-order valence-corrected chi connectivity index (χ3v) is 4.59. The van der Waals surface area contributed by atoms with E-state index >= 15 is 0 Å². The van der Waals surface area contributed by atoms with Crippen molar-refractivity contribution in [2.75, 3.05) is 12.4 Å². The van der Waals surface area contributed by atoms with E-state index in [0.29, 0.717) is 35.4 Å². The Morgan fingerprint density at radius 3 is 2.52 bits per heavy atom. The molecule has 3 N–H and O–H groups in total. The summed E-state index contributed by atoms with van der Waals surface area (Å²) in [5, 5.41) is 30.3. The number of methoxy groups -OCH3 is 1. The van der Waals surface area contributed by atoms with E-state index in [1.54, 1.807) is 36.4 Å². The first-order valence-electron chi connectivity index (χ1n) is 9.58. The number of hydrogen-bond acceptors (Lipinski definition) is 6. The number of carboxylic acid groups (broad SMARTS) is 1. The molecule has 0 aliphatic carbocycles. The molecule has 0 aliphatic heterocycles. The van der Waals surface area contributed by atoms with Crippen molar-refractivity contribution in [1.82, 2.24) is 0 Å². The van der Waals surface area contributed by atoms with Crippen LogP contribution in [0.1, 0.15) is 37.0 Å². The van der Waals surface area contributed by atoms with Gasteiger partial charge in [0.15, 0.2) is 11.5 Å². The van der Waals surface area contributed by atoms with Crippen molar-refractivity contribution in [1.29, 1.82) is 5.26 Å². The summed E-state index contributed by atoms with van der Waals surface area (Å²) in [6.45, 7) is 1.87. The highest BCUT2D eigenvalue weighted by Crippen LogP contribution is 2.35. The quantitative estimate of drug-likeness (QED) is 0.501. The highest BCUT2D eigenvalue weighted by atomic mass is 16.6. The van der Waals surface area contributed by atoms with Gasteiger partial charge in [-0.15, -0.1) is 0 Å². The highest BCUT2D eigenvalue weighted by molar-refractivity contribution is 5.84. The van der Waals surface area contributed by atoms with Gasteiger partial charge in [-0.2, -0.15) is 5.26 Å². The van der Waals surface area contributed by atoms with Crippen LogP contribution in [0.5, 0.6) is 11.5 Å². The summed E-state index contributed by atoms with van der Waals surface area (Å²) in [7, 11) is 1.44. The summed E-state index contributed by atoms with van der Waals surface area (Å²) in [5.41, 5.74) is 1.51. The molecule has 2 atom stereocenters. The predicted octanol–water partition coefficient (Wildman–Crippen LogP) is 4.62. The number of hydrogen-bond donors (Lipinski definition) is 3. The molecular weight excluding hydrogens is 400 g/mol. The minimum Gasteiger partial charge on any atom is -0.504 e. The fraction of sp³-hybridized carbons (Fsp3) is 0.261. The lowest BCUT2D eigenvalue weighted by atomic mass is 9.92. The minimum atomic E-state index is -1.03. The second kappa shape index (κ2) is 11.3. The topological polar surface area (TPSA) is 129 Å². The molecule has 0 fully saturated rings. The van der Waals surface area contributed by atoms with Crippen LogP contribution in [-0.4, -0.2) is 29.4 Å². The van der Waals surface area contributed by atoms with Gasteiger partial charge in [0.05, 0.1) is 18.7 Å². The van der Waals surface area contributed by atoms with E-state index in [9.17, 15) is 14.7 Å². The van der Waals surface area contributed by atoms with Crippen LogP contribution in [-0.2, 0) is 9.53 Å². The number of nitrogens with zero attached hydrogens (tertiary/aromatic N) is 1. The van der Waals surface area contributed by atoms with Crippen molar-refractivity contribution in [3.63, 3.8) is 0 Å². The molecule has 8 heteroatoms. The fourth-order valence-electron chi connectivity index (χ4n) is 2.98. The molecule has 2 rings (SSSR count). The second-order valence-electron chi connectivity index (χ2n) is 6.87. The number of benzene rings is 2. The number of nitriles is 1. The molecule has 0 unspecified atom stereocenters. The Labute approximate surface area is 180 Å². The number of rotatable bonds is 9. The van der Waals surface area contributed by atoms with E-state index in [1.165, 1.54) is 19.3 Å². The summed E-state index contributed by atoms with van der Waals surface area (Å²) in [4.78, 5) is 23.1. The molecule has 0 spiro atoms. The lowest BCUT2D eigenvalue weighted by Gasteiger charge is -2.25. The number of ether oxygens (including phenoxy) is 2. The van der Waals surface area contributed by atoms with E-state index in [0.717, 1.165) is 6.08 Å². The van der Waals surface area contributed by atoms with E-state index in [4.69, 9.17) is 19.8 Å². The third-order valence-electron chi connectivity index (χ3n) is 4.59. The van der Waals surface area contributed by atoms with E-state index < -0.39 is 18.2 Å². The molecule has 8 nitrogen and oxygen atoms in total. The van der Waals surface area contributed by atoms with Crippen molar-refractivity contribution >= 4 is 17.7 Å². The Balaban J connectivity index is 2.17. The average Bonchev–Trinajstić information content (AvgIpc) is 2.75. The molecular formula is C23H24N2O6. The minimum absolute atomic E-state index is 0.0842. The molecule has 162 valence electrons. The lowest BCUT2D eigenvalue weighted by molar-refractivity contribution is -0.131. The summed E-state index contributed by atoms with van der Waals surface area (Å²) in [6.07, 6.45) is 2.24. The van der Waals surface area contributed by atoms with Crippen LogP contribution in [0.3, 0.4) is 0 Å². The number of aromatic hydroxyl groups is 1. The molecule has 2 aromatic carbocycles. The maximum absolute atomic E-state index is 12.5. The molecule has 31 heavy (non-hydrogen) atoms. The number of nitrogens with one attached hydrogen (secondary N) is 1. The molecule has 0 saturated heterocycles. The second-order valence-corrected chi connectivity index (χ2v) is 6.87. The lowest BCUT2D eigenvalue weighted by Crippen LogP contribution is -2.22. The molecule has 0 heterocycles. The van der Waals surface area contributed by atoms with Gasteiger partial charge in [-0.05, 0) is 60.7 Å². The Morgan fingerprint density at radius 1 is 1.23 bits per heavy atom. The first-order chi connectivity index (χ1) is 14.8. The maximum Gasteiger partial charge on any atom is 0.412 e. The maximum atomic E-state index is 12.5. The van der Waals surface area contributed by atoms with Crippen LogP contribution in [0, 0.1) is 17.2 Å². The smallest absolute Gasteiger partial charge is 0.412 e. The van der Waals surface area contributed by atoms with Gasteiger partial charge in [-0.3, -0.25) is 5.32 Å². The Bertz CT molecular complexity index is 979. The number of aliphatic carboxylic acids is 1. The Morgan fingerprint density at radius 2 is 1.94 bits per heavy atom. The normalized spacial score (nSPS) is 12.5. The van der Waals surface area contributed by atoms with Crippen molar-refractivity contribution < 1.29 is 29.3 Å². The van der Waals surface area contributed by atoms with Crippen molar-refractivity contribution in [2.24, 2.45) is 5.92 Å². The summed E-state index contributed by atoms with van der Waals surface area (Å²) >= 11 is 0. The first kappa shape index (κ1) is 23.3. The van der Waals surface area contributed by atoms with Crippen LogP contribution in [0.2, 0.25) is 0 Å². The van der Waals surface area contributed by atoms with Crippen LogP contribution >= 0.6 is 0 Å². The number of amides is 1. The Kier molecular flexibility index (Phi) is 8.46. The van der Waals surface area contributed by atoms with Crippen LogP contribution in [0.25, 0.3) is 0 Å². The molecule has 0 aliphatic rings. The number of phenols is 1. The largest absolute Gasteiger partial charge is 0.504 e. The zero-order chi connectivity index (χ0) is 22.8. The molecule has 0 radical (unpaired) electrons. The number of carbonyl (C=O) groups is 2. The van der Waals surface area contributed by atoms with Crippen LogP contribution in [0.4, 0.5) is 10.5 Å². The van der Waals surface area contributed by atoms with Gasteiger partial charge < -0.3 is 19.7 Å². The van der Waals surface area contributed by atoms with Gasteiger partial charge in [0, 0.05) is 11.8 Å². The van der Waals surface area contributed by atoms with Gasteiger partial charge in [-0.25, -0.2) is 9.59 Å². The zero-order valence-corrected chi connectivity index (χ0v) is 17.2. The average molecular weight is 424 g/mol. The van der Waals surface area contributed by atoms with Crippen LogP contribution in [0.15, 0.2) is 54.6 Å². The zero-order valence-electron chi connectivity index (χ0n) is 17.2. The molecule has 0 aromatic heterocycles. The summed E-state index contributed by atoms with van der Waals surface area (Å²) < 4.78 is 10.7. The molecule has 0 bridgehead atoms. The third kappa shape index (κ3) is 7.08. The standard InChI is InChI=1S/C23H24N2O6/c1-15(5-3-4-6-21(27)28)22(17-9-12-20(30-2)19(26)13-17)31-23(29)25-18-10-7-16(14-24)8-11-18/h4,6-13,15,22,26H,3,5H2,1-2H3,(H,25,29)(H,27,28)/b6-4+/t15-,22-/m0/s1. The number of anilines is 1. The van der Waals surface area contributed by atoms with Gasteiger partial charge >= 0.3 is 12.1 Å². The van der Waals surface area contributed by atoms with Crippen molar-refractivity contribution in [2.45, 2.75) is 25.9 Å². The van der Waals surface area contributed by atoms with E-state index in [2.05, 4.69) is 5.32 Å².